The van der Waals surface area contributed by atoms with Crippen molar-refractivity contribution in [2.24, 2.45) is 0 Å². The summed E-state index contributed by atoms with van der Waals surface area (Å²) in [6.07, 6.45) is 1.84. The largest absolute Gasteiger partial charge is 0.497 e. The monoisotopic (exact) mass is 163 g/mol. The van der Waals surface area contributed by atoms with Crippen molar-refractivity contribution in [3.63, 3.8) is 0 Å². The van der Waals surface area contributed by atoms with E-state index in [2.05, 4.69) is 16.4 Å². The molecule has 1 heterocycles. The molecule has 0 spiro atoms. The Labute approximate surface area is 71.1 Å². The normalized spacial score (nSPS) is 13.4. The number of fused-ring (bicyclic) bond motifs is 1. The molecule has 0 saturated carbocycles. The summed E-state index contributed by atoms with van der Waals surface area (Å²) in [7, 11) is 1.67. The van der Waals surface area contributed by atoms with Crippen LogP contribution in [0.4, 0.5) is 5.69 Å². The van der Waals surface area contributed by atoms with Crippen LogP contribution in [0.3, 0.4) is 0 Å². The van der Waals surface area contributed by atoms with Crippen molar-refractivity contribution in [2.45, 2.75) is 6.54 Å². The smallest absolute Gasteiger partial charge is 0.235 e. The molecule has 3 heteroatoms. The lowest BCUT2D eigenvalue weighted by Gasteiger charge is -2.07. The molecule has 0 bridgehead atoms. The van der Waals surface area contributed by atoms with E-state index in [1.165, 1.54) is 5.56 Å². The molecule has 1 aromatic carbocycles. The predicted octanol–water partition coefficient (Wildman–Crippen LogP) is -0.270. The lowest BCUT2D eigenvalue weighted by atomic mass is 10.1. The highest BCUT2D eigenvalue weighted by Gasteiger charge is 2.10. The molecule has 62 valence electrons. The van der Waals surface area contributed by atoms with Gasteiger partial charge >= 0.3 is 0 Å². The molecule has 2 N–H and O–H groups in total. The molecule has 0 fully saturated rings. The van der Waals surface area contributed by atoms with Gasteiger partial charge in [-0.25, -0.2) is 5.32 Å². The molecule has 3 nitrogen and oxygen atoms in total. The van der Waals surface area contributed by atoms with Gasteiger partial charge in [-0.15, -0.1) is 0 Å². The van der Waals surface area contributed by atoms with Gasteiger partial charge < -0.3 is 4.74 Å². The Morgan fingerprint density at radius 1 is 1.50 bits per heavy atom. The van der Waals surface area contributed by atoms with Crippen LogP contribution in [0.1, 0.15) is 5.56 Å². The maximum atomic E-state index is 5.11. The second-order valence-corrected chi connectivity index (χ2v) is 2.69. The highest BCUT2D eigenvalue weighted by molar-refractivity contribution is 5.75. The minimum atomic E-state index is 0.881. The van der Waals surface area contributed by atoms with Crippen molar-refractivity contribution in [2.75, 3.05) is 12.4 Å². The number of ether oxygens (including phenoxy) is 1. The third-order valence-corrected chi connectivity index (χ3v) is 1.94. The molecule has 0 aromatic heterocycles. The van der Waals surface area contributed by atoms with Gasteiger partial charge in [-0.1, -0.05) is 0 Å². The number of hydrogen-bond donors (Lipinski definition) is 2. The fourth-order valence-electron chi connectivity index (χ4n) is 1.26. The average molecular weight is 163 g/mol. The minimum absolute atomic E-state index is 0.881. The Morgan fingerprint density at radius 2 is 2.42 bits per heavy atom. The van der Waals surface area contributed by atoms with E-state index >= 15 is 0 Å². The number of hydrogen-bond acceptors (Lipinski definition) is 2. The molecule has 0 radical (unpaired) electrons. The van der Waals surface area contributed by atoms with E-state index in [0.29, 0.717) is 0 Å². The molecule has 0 atom stereocenters. The predicted molar refractivity (Wildman–Crippen MR) is 47.3 cm³/mol. The SMILES string of the molecule is COc1ccc2c(c1)NC=[NH+]C2. The minimum Gasteiger partial charge on any atom is -0.497 e. The van der Waals surface area contributed by atoms with Crippen LogP contribution in [0.15, 0.2) is 18.2 Å². The summed E-state index contributed by atoms with van der Waals surface area (Å²) >= 11 is 0. The van der Waals surface area contributed by atoms with E-state index in [1.54, 1.807) is 7.11 Å². The number of methoxy groups -OCH3 is 1. The second kappa shape index (κ2) is 2.85. The zero-order chi connectivity index (χ0) is 8.39. The van der Waals surface area contributed by atoms with Crippen LogP contribution in [0.2, 0.25) is 0 Å². The van der Waals surface area contributed by atoms with Crippen LogP contribution in [0.25, 0.3) is 0 Å². The third-order valence-electron chi connectivity index (χ3n) is 1.94. The Hall–Kier alpha value is -1.51. The van der Waals surface area contributed by atoms with Crippen molar-refractivity contribution in [3.8, 4) is 5.75 Å². The van der Waals surface area contributed by atoms with Crippen molar-refractivity contribution >= 4 is 12.0 Å². The molecule has 1 aliphatic heterocycles. The molecule has 0 saturated heterocycles. The van der Waals surface area contributed by atoms with Gasteiger partial charge in [0, 0.05) is 11.6 Å². The number of anilines is 1. The maximum Gasteiger partial charge on any atom is 0.235 e. The zero-order valence-corrected chi connectivity index (χ0v) is 6.92. The average Bonchev–Trinajstić information content (AvgIpc) is 2.17. The molecule has 0 amide bonds. The van der Waals surface area contributed by atoms with E-state index in [1.807, 2.05) is 18.5 Å². The Balaban J connectivity index is 2.39. The van der Waals surface area contributed by atoms with Gasteiger partial charge in [-0.05, 0) is 12.1 Å². The first-order chi connectivity index (χ1) is 5.90. The fraction of sp³-hybridized carbons (Fsp3) is 0.222. The van der Waals surface area contributed by atoms with Crippen LogP contribution < -0.4 is 15.0 Å². The quantitative estimate of drug-likeness (QED) is 0.597. The van der Waals surface area contributed by atoms with Crippen LogP contribution in [-0.4, -0.2) is 13.4 Å². The van der Waals surface area contributed by atoms with Gasteiger partial charge in [0.1, 0.15) is 18.0 Å². The zero-order valence-electron chi connectivity index (χ0n) is 6.92. The Kier molecular flexibility index (Phi) is 1.70. The van der Waals surface area contributed by atoms with Crippen LogP contribution >= 0.6 is 0 Å². The Morgan fingerprint density at radius 3 is 3.25 bits per heavy atom. The molecular formula is C9H11N2O+. The highest BCUT2D eigenvalue weighted by Crippen LogP contribution is 2.21. The van der Waals surface area contributed by atoms with Crippen molar-refractivity contribution in [3.05, 3.63) is 23.8 Å². The van der Waals surface area contributed by atoms with E-state index in [9.17, 15) is 0 Å². The van der Waals surface area contributed by atoms with Gasteiger partial charge in [0.15, 0.2) is 0 Å². The van der Waals surface area contributed by atoms with Crippen molar-refractivity contribution in [1.82, 2.24) is 0 Å². The van der Waals surface area contributed by atoms with Gasteiger partial charge in [0.25, 0.3) is 0 Å². The molecule has 12 heavy (non-hydrogen) atoms. The molecule has 1 aromatic rings. The summed E-state index contributed by atoms with van der Waals surface area (Å²) in [5.41, 5.74) is 2.38. The second-order valence-electron chi connectivity index (χ2n) is 2.69. The van der Waals surface area contributed by atoms with Crippen LogP contribution in [-0.2, 0) is 6.54 Å². The van der Waals surface area contributed by atoms with E-state index in [0.717, 1.165) is 18.0 Å². The lowest BCUT2D eigenvalue weighted by Crippen LogP contribution is -2.69. The first-order valence-corrected chi connectivity index (χ1v) is 3.88. The lowest BCUT2D eigenvalue weighted by molar-refractivity contribution is -0.471. The van der Waals surface area contributed by atoms with Gasteiger partial charge in [0.05, 0.1) is 7.11 Å². The topological polar surface area (TPSA) is 35.2 Å². The molecule has 0 unspecified atom stereocenters. The van der Waals surface area contributed by atoms with Crippen molar-refractivity contribution < 1.29 is 9.73 Å². The summed E-state index contributed by atoms with van der Waals surface area (Å²) in [4.78, 5) is 3.10. The van der Waals surface area contributed by atoms with E-state index in [4.69, 9.17) is 4.74 Å². The standard InChI is InChI=1S/C9H10N2O/c1-12-8-3-2-7-5-10-6-11-9(7)4-8/h2-4,6H,5H2,1H3,(H,10,11)/p+1. The molecular weight excluding hydrogens is 152 g/mol. The number of nitrogens with one attached hydrogen (secondary N) is 2. The number of rotatable bonds is 1. The number of benzene rings is 1. The summed E-state index contributed by atoms with van der Waals surface area (Å²) in [6, 6.07) is 6.02. The highest BCUT2D eigenvalue weighted by atomic mass is 16.5. The fourth-order valence-corrected chi connectivity index (χ4v) is 1.26. The Bertz CT molecular complexity index is 320. The summed E-state index contributed by atoms with van der Waals surface area (Å²) < 4.78 is 5.11. The third kappa shape index (κ3) is 1.13. The van der Waals surface area contributed by atoms with E-state index < -0.39 is 0 Å². The first-order valence-electron chi connectivity index (χ1n) is 3.88. The van der Waals surface area contributed by atoms with Gasteiger partial charge in [-0.3, -0.25) is 4.99 Å². The van der Waals surface area contributed by atoms with E-state index in [-0.39, 0.29) is 0 Å². The summed E-state index contributed by atoms with van der Waals surface area (Å²) in [6.45, 7) is 0.881. The van der Waals surface area contributed by atoms with Crippen LogP contribution in [0.5, 0.6) is 5.75 Å². The summed E-state index contributed by atoms with van der Waals surface area (Å²) in [5.74, 6) is 0.886. The molecule has 0 aliphatic carbocycles. The van der Waals surface area contributed by atoms with Gasteiger partial charge in [-0.2, -0.15) is 0 Å². The van der Waals surface area contributed by atoms with Crippen LogP contribution in [0, 0.1) is 0 Å². The van der Waals surface area contributed by atoms with Gasteiger partial charge in [0.2, 0.25) is 6.34 Å². The molecule has 1 aliphatic rings. The molecule has 2 rings (SSSR count). The maximum absolute atomic E-state index is 5.11. The first kappa shape index (κ1) is 7.16. The summed E-state index contributed by atoms with van der Waals surface area (Å²) in [5, 5.41) is 3.12. The van der Waals surface area contributed by atoms with Crippen molar-refractivity contribution in [1.29, 1.82) is 0 Å².